The molecule has 92 valence electrons. The lowest BCUT2D eigenvalue weighted by atomic mass is 10.2. The quantitative estimate of drug-likeness (QED) is 0.864. The fraction of sp³-hybridized carbons (Fsp3) is 0.500. The van der Waals surface area contributed by atoms with Crippen LogP contribution >= 0.6 is 23.4 Å². The van der Waals surface area contributed by atoms with Crippen LogP contribution in [0.1, 0.15) is 6.42 Å². The number of aromatic nitrogens is 2. The summed E-state index contributed by atoms with van der Waals surface area (Å²) in [6.07, 6.45) is 0.456. The van der Waals surface area contributed by atoms with Crippen LogP contribution in [0.15, 0.2) is 12.1 Å². The van der Waals surface area contributed by atoms with Crippen molar-refractivity contribution in [1.29, 1.82) is 0 Å². The van der Waals surface area contributed by atoms with Gasteiger partial charge in [0.1, 0.15) is 0 Å². The van der Waals surface area contributed by atoms with E-state index in [1.807, 2.05) is 11.8 Å². The molecule has 1 atom stereocenters. The summed E-state index contributed by atoms with van der Waals surface area (Å²) in [7, 11) is 0. The summed E-state index contributed by atoms with van der Waals surface area (Å²) < 4.78 is 0. The van der Waals surface area contributed by atoms with Gasteiger partial charge in [-0.2, -0.15) is 11.8 Å². The fourth-order valence-electron chi connectivity index (χ4n) is 1.55. The van der Waals surface area contributed by atoms with Crippen molar-refractivity contribution in [3.05, 3.63) is 17.3 Å². The van der Waals surface area contributed by atoms with Crippen LogP contribution in [0, 0.1) is 0 Å². The van der Waals surface area contributed by atoms with Gasteiger partial charge in [-0.3, -0.25) is 4.79 Å². The topological polar surface area (TPSA) is 66.9 Å². The molecule has 1 aliphatic rings. The van der Waals surface area contributed by atoms with Crippen LogP contribution in [0.25, 0.3) is 0 Å². The third-order valence-corrected chi connectivity index (χ3v) is 3.66. The number of hydrogen-bond donors (Lipinski definition) is 2. The highest BCUT2D eigenvalue weighted by atomic mass is 35.5. The number of rotatable bonds is 3. The zero-order valence-corrected chi connectivity index (χ0v) is 10.7. The Balaban J connectivity index is 1.82. The molecule has 0 aromatic carbocycles. The summed E-state index contributed by atoms with van der Waals surface area (Å²) in [5.74, 6) is 2.46. The molecule has 1 saturated heterocycles. The van der Waals surface area contributed by atoms with Crippen molar-refractivity contribution >= 4 is 35.1 Å². The van der Waals surface area contributed by atoms with Crippen LogP contribution in [0.4, 0.5) is 5.82 Å². The molecule has 7 heteroatoms. The maximum Gasteiger partial charge on any atom is 0.227 e. The number of thioether (sulfide) groups is 1. The van der Waals surface area contributed by atoms with Gasteiger partial charge in [0.2, 0.25) is 5.91 Å². The Morgan fingerprint density at radius 2 is 2.47 bits per heavy atom. The second kappa shape index (κ2) is 6.18. The van der Waals surface area contributed by atoms with Crippen LogP contribution in [0.2, 0.25) is 5.15 Å². The van der Waals surface area contributed by atoms with Gasteiger partial charge in [0.15, 0.2) is 11.0 Å². The lowest BCUT2D eigenvalue weighted by molar-refractivity contribution is -0.116. The lowest BCUT2D eigenvalue weighted by Crippen LogP contribution is -2.40. The number of anilines is 1. The zero-order valence-electron chi connectivity index (χ0n) is 9.15. The number of carbonyl (C=O) groups excluding carboxylic acids is 1. The first-order valence-electron chi connectivity index (χ1n) is 5.34. The highest BCUT2D eigenvalue weighted by molar-refractivity contribution is 7.99. The third-order valence-electron chi connectivity index (χ3n) is 2.33. The Morgan fingerprint density at radius 1 is 1.59 bits per heavy atom. The van der Waals surface area contributed by atoms with Crippen molar-refractivity contribution in [2.24, 2.45) is 0 Å². The number of nitrogens with zero attached hydrogens (tertiary/aromatic N) is 2. The number of nitrogens with one attached hydrogen (secondary N) is 2. The highest BCUT2D eigenvalue weighted by Crippen LogP contribution is 2.11. The van der Waals surface area contributed by atoms with E-state index >= 15 is 0 Å². The second-order valence-electron chi connectivity index (χ2n) is 3.72. The van der Waals surface area contributed by atoms with Crippen LogP contribution in [0.3, 0.4) is 0 Å². The molecule has 2 N–H and O–H groups in total. The molecule has 1 fully saturated rings. The van der Waals surface area contributed by atoms with Gasteiger partial charge in [-0.05, 0) is 12.1 Å². The molecule has 1 aromatic rings. The van der Waals surface area contributed by atoms with Crippen LogP contribution < -0.4 is 10.6 Å². The predicted molar refractivity (Wildman–Crippen MR) is 69.4 cm³/mol. The van der Waals surface area contributed by atoms with Gasteiger partial charge in [-0.1, -0.05) is 11.6 Å². The Hall–Kier alpha value is -0.850. The van der Waals surface area contributed by atoms with Gasteiger partial charge < -0.3 is 10.6 Å². The van der Waals surface area contributed by atoms with E-state index in [1.165, 1.54) is 0 Å². The fourth-order valence-corrected chi connectivity index (χ4v) is 2.60. The molecule has 1 unspecified atom stereocenters. The maximum atomic E-state index is 11.7. The van der Waals surface area contributed by atoms with Crippen molar-refractivity contribution in [2.75, 3.05) is 23.4 Å². The molecule has 1 aliphatic heterocycles. The Morgan fingerprint density at radius 3 is 3.12 bits per heavy atom. The van der Waals surface area contributed by atoms with Crippen molar-refractivity contribution in [2.45, 2.75) is 12.5 Å². The van der Waals surface area contributed by atoms with E-state index in [-0.39, 0.29) is 11.9 Å². The van der Waals surface area contributed by atoms with Crippen molar-refractivity contribution in [3.63, 3.8) is 0 Å². The van der Waals surface area contributed by atoms with E-state index in [0.29, 0.717) is 17.4 Å². The molecule has 2 rings (SSSR count). The Kier molecular flexibility index (Phi) is 4.58. The average molecular weight is 273 g/mol. The molecule has 2 heterocycles. The number of carbonyl (C=O) groups is 1. The molecule has 1 amide bonds. The van der Waals surface area contributed by atoms with Gasteiger partial charge in [-0.25, -0.2) is 0 Å². The Labute approximate surface area is 109 Å². The summed E-state index contributed by atoms with van der Waals surface area (Å²) >= 11 is 7.47. The van der Waals surface area contributed by atoms with E-state index in [9.17, 15) is 4.79 Å². The molecule has 0 aliphatic carbocycles. The summed E-state index contributed by atoms with van der Waals surface area (Å²) in [5, 5.41) is 13.7. The van der Waals surface area contributed by atoms with Gasteiger partial charge in [0, 0.05) is 30.5 Å². The maximum absolute atomic E-state index is 11.7. The van der Waals surface area contributed by atoms with E-state index in [0.717, 1.165) is 18.1 Å². The summed E-state index contributed by atoms with van der Waals surface area (Å²) in [6.45, 7) is 0.962. The summed E-state index contributed by atoms with van der Waals surface area (Å²) in [6, 6.07) is 3.48. The largest absolute Gasteiger partial charge is 0.312 e. The normalized spacial score (nSPS) is 19.9. The molecular weight excluding hydrogens is 260 g/mol. The predicted octanol–water partition coefficient (Wildman–Crippen LogP) is 1.16. The van der Waals surface area contributed by atoms with Gasteiger partial charge in [0.05, 0.1) is 0 Å². The first kappa shape index (κ1) is 12.6. The van der Waals surface area contributed by atoms with Gasteiger partial charge in [0.25, 0.3) is 0 Å². The number of amides is 1. The third kappa shape index (κ3) is 4.14. The van der Waals surface area contributed by atoms with Gasteiger partial charge >= 0.3 is 0 Å². The molecule has 1 aromatic heterocycles. The molecule has 0 bridgehead atoms. The van der Waals surface area contributed by atoms with E-state index in [2.05, 4.69) is 20.8 Å². The Bertz CT molecular complexity index is 380. The first-order chi connectivity index (χ1) is 8.24. The smallest absolute Gasteiger partial charge is 0.227 e. The monoisotopic (exact) mass is 272 g/mol. The summed E-state index contributed by atoms with van der Waals surface area (Å²) in [4.78, 5) is 11.7. The van der Waals surface area contributed by atoms with Crippen molar-refractivity contribution in [3.8, 4) is 0 Å². The lowest BCUT2D eigenvalue weighted by Gasteiger charge is -2.22. The van der Waals surface area contributed by atoms with Gasteiger partial charge in [-0.15, -0.1) is 10.2 Å². The first-order valence-corrected chi connectivity index (χ1v) is 6.87. The zero-order chi connectivity index (χ0) is 12.1. The van der Waals surface area contributed by atoms with E-state index < -0.39 is 0 Å². The molecule has 17 heavy (non-hydrogen) atoms. The number of hydrogen-bond acceptors (Lipinski definition) is 5. The van der Waals surface area contributed by atoms with Crippen LogP contribution in [0.5, 0.6) is 0 Å². The van der Waals surface area contributed by atoms with Crippen LogP contribution in [-0.4, -0.2) is 40.2 Å². The minimum Gasteiger partial charge on any atom is -0.312 e. The molecule has 0 saturated carbocycles. The van der Waals surface area contributed by atoms with Crippen molar-refractivity contribution < 1.29 is 4.79 Å². The second-order valence-corrected chi connectivity index (χ2v) is 5.26. The SMILES string of the molecule is O=C(CC1CSCCN1)Nc1ccc(Cl)nn1. The average Bonchev–Trinajstić information content (AvgIpc) is 2.33. The molecule has 0 radical (unpaired) electrons. The van der Waals surface area contributed by atoms with E-state index in [4.69, 9.17) is 11.6 Å². The van der Waals surface area contributed by atoms with Crippen LogP contribution in [-0.2, 0) is 4.79 Å². The summed E-state index contributed by atoms with van der Waals surface area (Å²) in [5.41, 5.74) is 0. The molecule has 5 nitrogen and oxygen atoms in total. The van der Waals surface area contributed by atoms with Crippen molar-refractivity contribution in [1.82, 2.24) is 15.5 Å². The minimum absolute atomic E-state index is 0.0541. The van der Waals surface area contributed by atoms with E-state index in [1.54, 1.807) is 12.1 Å². The minimum atomic E-state index is -0.0541. The standard InChI is InChI=1S/C10H13ClN4OS/c11-8-1-2-9(15-14-8)13-10(16)5-7-6-17-4-3-12-7/h1-2,7,12H,3-6H2,(H,13,15,16). The molecule has 0 spiro atoms. The number of halogens is 1. The highest BCUT2D eigenvalue weighted by Gasteiger charge is 2.16. The molecular formula is C10H13ClN4OS.